The Kier molecular flexibility index (Phi) is 6.16. The van der Waals surface area contributed by atoms with Gasteiger partial charge in [0.25, 0.3) is 0 Å². The van der Waals surface area contributed by atoms with E-state index in [0.29, 0.717) is 44.5 Å². The Morgan fingerprint density at radius 1 is 1.10 bits per heavy atom. The summed E-state index contributed by atoms with van der Waals surface area (Å²) in [5.74, 6) is 0.668. The zero-order chi connectivity index (χ0) is 21.7. The van der Waals surface area contributed by atoms with Gasteiger partial charge in [0.1, 0.15) is 11.5 Å². The molecule has 2 amide bonds. The Balaban J connectivity index is 1.45. The molecule has 0 aliphatic carbocycles. The van der Waals surface area contributed by atoms with Gasteiger partial charge in [-0.15, -0.1) is 0 Å². The van der Waals surface area contributed by atoms with Crippen LogP contribution < -0.4 is 5.32 Å². The maximum Gasteiger partial charge on any atom is 0.228 e. The highest BCUT2D eigenvalue weighted by Crippen LogP contribution is 2.36. The van der Waals surface area contributed by atoms with Gasteiger partial charge < -0.3 is 14.7 Å². The van der Waals surface area contributed by atoms with Gasteiger partial charge in [-0.05, 0) is 18.4 Å². The molecule has 4 rings (SSSR count). The molecule has 3 aromatic rings. The second kappa shape index (κ2) is 9.16. The number of benzene rings is 2. The molecule has 0 bridgehead atoms. The molecule has 1 saturated heterocycles. The molecule has 2 heterocycles. The van der Waals surface area contributed by atoms with E-state index in [1.807, 2.05) is 71.6 Å². The summed E-state index contributed by atoms with van der Waals surface area (Å²) in [5, 5.41) is 6.96. The van der Waals surface area contributed by atoms with Gasteiger partial charge in [-0.2, -0.15) is 0 Å². The summed E-state index contributed by atoms with van der Waals surface area (Å²) in [4.78, 5) is 27.5. The Morgan fingerprint density at radius 2 is 1.81 bits per heavy atom. The summed E-state index contributed by atoms with van der Waals surface area (Å²) >= 11 is 0. The SMILES string of the molecule is CNC(=O)C1(Cc2cc(-c3ccccc3)no2)CCN(C(=O)CCc2ccccc2)C1. The second-order valence-electron chi connectivity index (χ2n) is 8.13. The van der Waals surface area contributed by atoms with E-state index in [9.17, 15) is 9.59 Å². The van der Waals surface area contributed by atoms with Gasteiger partial charge in [0.2, 0.25) is 11.8 Å². The Hall–Kier alpha value is -3.41. The van der Waals surface area contributed by atoms with Crippen LogP contribution in [0, 0.1) is 5.41 Å². The number of nitrogens with zero attached hydrogens (tertiary/aromatic N) is 2. The summed E-state index contributed by atoms with van der Waals surface area (Å²) in [5.41, 5.74) is 2.15. The lowest BCUT2D eigenvalue weighted by Crippen LogP contribution is -2.44. The first-order valence-corrected chi connectivity index (χ1v) is 10.6. The molecule has 1 atom stereocenters. The summed E-state index contributed by atoms with van der Waals surface area (Å²) in [6, 6.07) is 21.7. The molecule has 0 saturated carbocycles. The van der Waals surface area contributed by atoms with Gasteiger partial charge in [0.05, 0.1) is 5.41 Å². The molecule has 1 aliphatic heterocycles. The number of amides is 2. The number of rotatable bonds is 7. The Bertz CT molecular complexity index is 1030. The number of carbonyl (C=O) groups is 2. The molecular formula is C25H27N3O3. The Morgan fingerprint density at radius 3 is 2.52 bits per heavy atom. The van der Waals surface area contributed by atoms with Gasteiger partial charge in [-0.3, -0.25) is 9.59 Å². The van der Waals surface area contributed by atoms with Crippen LogP contribution in [0.5, 0.6) is 0 Å². The molecule has 6 heteroatoms. The van der Waals surface area contributed by atoms with Crippen molar-refractivity contribution < 1.29 is 14.1 Å². The van der Waals surface area contributed by atoms with E-state index in [0.717, 1.165) is 16.8 Å². The van der Waals surface area contributed by atoms with Crippen LogP contribution in [-0.4, -0.2) is 42.0 Å². The van der Waals surface area contributed by atoms with E-state index in [4.69, 9.17) is 4.52 Å². The van der Waals surface area contributed by atoms with Crippen molar-refractivity contribution in [1.82, 2.24) is 15.4 Å². The van der Waals surface area contributed by atoms with Crippen molar-refractivity contribution in [3.63, 3.8) is 0 Å². The summed E-state index contributed by atoms with van der Waals surface area (Å²) in [6.07, 6.45) is 2.15. The smallest absolute Gasteiger partial charge is 0.228 e. The van der Waals surface area contributed by atoms with Gasteiger partial charge in [0, 0.05) is 44.6 Å². The molecule has 31 heavy (non-hydrogen) atoms. The molecule has 1 aliphatic rings. The molecular weight excluding hydrogens is 390 g/mol. The van der Waals surface area contributed by atoms with E-state index in [-0.39, 0.29) is 11.8 Å². The van der Waals surface area contributed by atoms with E-state index in [1.165, 1.54) is 0 Å². The van der Waals surface area contributed by atoms with Crippen molar-refractivity contribution in [2.45, 2.75) is 25.7 Å². The van der Waals surface area contributed by atoms with Crippen molar-refractivity contribution in [2.24, 2.45) is 5.41 Å². The summed E-state index contributed by atoms with van der Waals surface area (Å²) in [6.45, 7) is 0.961. The van der Waals surface area contributed by atoms with Crippen molar-refractivity contribution in [3.05, 3.63) is 78.1 Å². The molecule has 2 aromatic carbocycles. The number of hydrogen-bond donors (Lipinski definition) is 1. The average molecular weight is 418 g/mol. The fourth-order valence-corrected chi connectivity index (χ4v) is 4.29. The standard InChI is InChI=1S/C25H27N3O3/c1-26-24(30)25(17-21-16-22(27-31-21)20-10-6-3-7-11-20)14-15-28(18-25)23(29)13-12-19-8-4-2-5-9-19/h2-11,16H,12-15,17-18H2,1H3,(H,26,30). The fourth-order valence-electron chi connectivity index (χ4n) is 4.29. The normalized spacial score (nSPS) is 18.2. The van der Waals surface area contributed by atoms with Crippen LogP contribution in [0.2, 0.25) is 0 Å². The highest BCUT2D eigenvalue weighted by atomic mass is 16.5. The van der Waals surface area contributed by atoms with Gasteiger partial charge in [0.15, 0.2) is 0 Å². The summed E-state index contributed by atoms with van der Waals surface area (Å²) in [7, 11) is 1.64. The van der Waals surface area contributed by atoms with E-state index < -0.39 is 5.41 Å². The highest BCUT2D eigenvalue weighted by molar-refractivity contribution is 5.85. The van der Waals surface area contributed by atoms with Gasteiger partial charge >= 0.3 is 0 Å². The molecule has 1 fully saturated rings. The monoisotopic (exact) mass is 417 g/mol. The predicted molar refractivity (Wildman–Crippen MR) is 118 cm³/mol. The molecule has 1 aromatic heterocycles. The molecule has 1 N–H and O–H groups in total. The van der Waals surface area contributed by atoms with E-state index in [2.05, 4.69) is 10.5 Å². The van der Waals surface area contributed by atoms with Crippen LogP contribution >= 0.6 is 0 Å². The maximum absolute atomic E-state index is 12.9. The van der Waals surface area contributed by atoms with Crippen molar-refractivity contribution >= 4 is 11.8 Å². The molecule has 160 valence electrons. The number of nitrogens with one attached hydrogen (secondary N) is 1. The van der Waals surface area contributed by atoms with E-state index in [1.54, 1.807) is 7.05 Å². The minimum Gasteiger partial charge on any atom is -0.361 e. The van der Waals surface area contributed by atoms with Gasteiger partial charge in [-0.1, -0.05) is 65.8 Å². The number of likely N-dealkylation sites (tertiary alicyclic amines) is 1. The van der Waals surface area contributed by atoms with Crippen molar-refractivity contribution in [2.75, 3.05) is 20.1 Å². The zero-order valence-electron chi connectivity index (χ0n) is 17.7. The maximum atomic E-state index is 12.9. The number of aromatic nitrogens is 1. The largest absolute Gasteiger partial charge is 0.361 e. The Labute approximate surface area is 182 Å². The molecule has 0 spiro atoms. The number of aryl methyl sites for hydroxylation is 1. The number of hydrogen-bond acceptors (Lipinski definition) is 4. The first-order chi connectivity index (χ1) is 15.1. The second-order valence-corrected chi connectivity index (χ2v) is 8.13. The van der Waals surface area contributed by atoms with Crippen LogP contribution in [-0.2, 0) is 22.4 Å². The first-order valence-electron chi connectivity index (χ1n) is 10.6. The minimum absolute atomic E-state index is 0.0662. The first kappa shape index (κ1) is 20.8. The van der Waals surface area contributed by atoms with Crippen LogP contribution in [0.4, 0.5) is 0 Å². The van der Waals surface area contributed by atoms with Crippen LogP contribution in [0.25, 0.3) is 11.3 Å². The van der Waals surface area contributed by atoms with Crippen LogP contribution in [0.15, 0.2) is 71.3 Å². The average Bonchev–Trinajstić information content (AvgIpc) is 3.47. The van der Waals surface area contributed by atoms with E-state index >= 15 is 0 Å². The highest BCUT2D eigenvalue weighted by Gasteiger charge is 2.46. The third-order valence-corrected chi connectivity index (χ3v) is 6.03. The molecule has 6 nitrogen and oxygen atoms in total. The number of carbonyl (C=O) groups excluding carboxylic acids is 2. The summed E-state index contributed by atoms with van der Waals surface area (Å²) < 4.78 is 5.57. The molecule has 1 unspecified atom stereocenters. The van der Waals surface area contributed by atoms with Crippen molar-refractivity contribution in [3.8, 4) is 11.3 Å². The van der Waals surface area contributed by atoms with Gasteiger partial charge in [-0.25, -0.2) is 0 Å². The zero-order valence-corrected chi connectivity index (χ0v) is 17.7. The predicted octanol–water partition coefficient (Wildman–Crippen LogP) is 3.48. The lowest BCUT2D eigenvalue weighted by Gasteiger charge is -2.26. The lowest BCUT2D eigenvalue weighted by molar-refractivity contribution is -0.133. The third kappa shape index (κ3) is 4.68. The third-order valence-electron chi connectivity index (χ3n) is 6.03. The minimum atomic E-state index is -0.704. The fraction of sp³-hybridized carbons (Fsp3) is 0.320. The quantitative estimate of drug-likeness (QED) is 0.639. The van der Waals surface area contributed by atoms with Crippen LogP contribution in [0.3, 0.4) is 0 Å². The molecule has 0 radical (unpaired) electrons. The van der Waals surface area contributed by atoms with Crippen LogP contribution in [0.1, 0.15) is 24.2 Å². The topological polar surface area (TPSA) is 75.4 Å². The lowest BCUT2D eigenvalue weighted by atomic mass is 9.81. The van der Waals surface area contributed by atoms with Crippen molar-refractivity contribution in [1.29, 1.82) is 0 Å².